The quantitative estimate of drug-likeness (QED) is 0.628. The van der Waals surface area contributed by atoms with Gasteiger partial charge in [0.15, 0.2) is 0 Å². The summed E-state index contributed by atoms with van der Waals surface area (Å²) < 4.78 is 4.67. The van der Waals surface area contributed by atoms with Gasteiger partial charge in [-0.05, 0) is 54.3 Å². The Hall–Kier alpha value is -2.40. The Morgan fingerprint density at radius 3 is 2.71 bits per heavy atom. The van der Waals surface area contributed by atoms with Crippen LogP contribution in [0.3, 0.4) is 0 Å². The standard InChI is InChI=1S/C19H19NO3S/c1-12(10-19(22)23-3)17-6-7-18(24-17)15-4-5-16-14(11-15)8-9-20(16)13(2)21/h4-7,10-11H,8-9H2,1-3H3/b12-10+. The number of rotatable bonds is 3. The van der Waals surface area contributed by atoms with Gasteiger partial charge in [0.2, 0.25) is 5.91 Å². The Labute approximate surface area is 145 Å². The minimum Gasteiger partial charge on any atom is -0.466 e. The van der Waals surface area contributed by atoms with Crippen molar-refractivity contribution in [1.29, 1.82) is 0 Å². The van der Waals surface area contributed by atoms with Gasteiger partial charge in [0.25, 0.3) is 0 Å². The lowest BCUT2D eigenvalue weighted by molar-refractivity contribution is -0.134. The maximum atomic E-state index is 11.6. The van der Waals surface area contributed by atoms with Crippen LogP contribution in [-0.2, 0) is 20.7 Å². The van der Waals surface area contributed by atoms with Crippen LogP contribution in [-0.4, -0.2) is 25.5 Å². The molecule has 1 aromatic carbocycles. The van der Waals surface area contributed by atoms with Crippen molar-refractivity contribution in [3.8, 4) is 10.4 Å². The molecule has 2 heterocycles. The predicted octanol–water partition coefficient (Wildman–Crippen LogP) is 3.90. The smallest absolute Gasteiger partial charge is 0.330 e. The first-order valence-electron chi connectivity index (χ1n) is 7.77. The number of carbonyl (C=O) groups is 2. The maximum Gasteiger partial charge on any atom is 0.330 e. The molecule has 1 aliphatic heterocycles. The van der Waals surface area contributed by atoms with Gasteiger partial charge < -0.3 is 9.64 Å². The molecule has 1 aliphatic rings. The minimum atomic E-state index is -0.343. The third-order valence-electron chi connectivity index (χ3n) is 4.17. The monoisotopic (exact) mass is 341 g/mol. The van der Waals surface area contributed by atoms with Crippen LogP contribution in [0.1, 0.15) is 24.3 Å². The Kier molecular flexibility index (Phi) is 4.53. The predicted molar refractivity (Wildman–Crippen MR) is 97.2 cm³/mol. The highest BCUT2D eigenvalue weighted by Crippen LogP contribution is 2.36. The maximum absolute atomic E-state index is 11.6. The molecule has 0 spiro atoms. The third kappa shape index (κ3) is 3.12. The molecule has 1 aromatic heterocycles. The summed E-state index contributed by atoms with van der Waals surface area (Å²) in [4.78, 5) is 27.0. The first-order valence-corrected chi connectivity index (χ1v) is 8.59. The summed E-state index contributed by atoms with van der Waals surface area (Å²) in [5, 5.41) is 0. The Morgan fingerprint density at radius 2 is 2.00 bits per heavy atom. The van der Waals surface area contributed by atoms with Crippen LogP contribution >= 0.6 is 11.3 Å². The number of nitrogens with zero attached hydrogens (tertiary/aromatic N) is 1. The van der Waals surface area contributed by atoms with Crippen LogP contribution in [0.4, 0.5) is 5.69 Å². The van der Waals surface area contributed by atoms with Gasteiger partial charge in [0.05, 0.1) is 7.11 Å². The zero-order valence-corrected chi connectivity index (χ0v) is 14.8. The molecule has 0 radical (unpaired) electrons. The molecule has 5 heteroatoms. The number of anilines is 1. The van der Waals surface area contributed by atoms with E-state index in [-0.39, 0.29) is 11.9 Å². The number of benzene rings is 1. The Bertz CT molecular complexity index is 835. The van der Waals surface area contributed by atoms with Gasteiger partial charge in [-0.2, -0.15) is 0 Å². The fourth-order valence-corrected chi connectivity index (χ4v) is 3.87. The number of hydrogen-bond acceptors (Lipinski definition) is 4. The average Bonchev–Trinajstić information content (AvgIpc) is 3.20. The van der Waals surface area contributed by atoms with E-state index in [1.54, 1.807) is 18.3 Å². The SMILES string of the molecule is COC(=O)/C=C(\C)c1ccc(-c2ccc3c(c2)CCN3C(C)=O)s1. The van der Waals surface area contributed by atoms with Gasteiger partial charge >= 0.3 is 5.97 Å². The largest absolute Gasteiger partial charge is 0.466 e. The molecule has 0 atom stereocenters. The van der Waals surface area contributed by atoms with Gasteiger partial charge in [0, 0.05) is 35.0 Å². The van der Waals surface area contributed by atoms with Crippen molar-refractivity contribution in [1.82, 2.24) is 0 Å². The van der Waals surface area contributed by atoms with E-state index >= 15 is 0 Å². The summed E-state index contributed by atoms with van der Waals surface area (Å²) in [6, 6.07) is 10.3. The topological polar surface area (TPSA) is 46.6 Å². The first-order chi connectivity index (χ1) is 11.5. The Morgan fingerprint density at radius 1 is 1.21 bits per heavy atom. The molecule has 0 saturated heterocycles. The van der Waals surface area contributed by atoms with Crippen molar-refractivity contribution in [2.24, 2.45) is 0 Å². The van der Waals surface area contributed by atoms with Gasteiger partial charge in [-0.3, -0.25) is 4.79 Å². The molecular formula is C19H19NO3S. The number of fused-ring (bicyclic) bond motifs is 1. The number of carbonyl (C=O) groups excluding carboxylic acids is 2. The average molecular weight is 341 g/mol. The van der Waals surface area contributed by atoms with Crippen molar-refractivity contribution < 1.29 is 14.3 Å². The molecule has 0 N–H and O–H groups in total. The lowest BCUT2D eigenvalue weighted by Gasteiger charge is -2.14. The second-order valence-electron chi connectivity index (χ2n) is 5.78. The summed E-state index contributed by atoms with van der Waals surface area (Å²) in [7, 11) is 1.38. The zero-order valence-electron chi connectivity index (χ0n) is 14.0. The first kappa shape index (κ1) is 16.5. The molecule has 2 aromatic rings. The van der Waals surface area contributed by atoms with E-state index in [0.29, 0.717) is 0 Å². The van der Waals surface area contributed by atoms with Crippen molar-refractivity contribution >= 4 is 34.5 Å². The fraction of sp³-hybridized carbons (Fsp3) is 0.263. The second kappa shape index (κ2) is 6.61. The van der Waals surface area contributed by atoms with Crippen molar-refractivity contribution in [2.75, 3.05) is 18.6 Å². The summed E-state index contributed by atoms with van der Waals surface area (Å²) >= 11 is 1.64. The molecule has 0 unspecified atom stereocenters. The van der Waals surface area contributed by atoms with E-state index in [1.807, 2.05) is 24.0 Å². The lowest BCUT2D eigenvalue weighted by atomic mass is 10.1. The molecule has 0 saturated carbocycles. The molecule has 1 amide bonds. The van der Waals surface area contributed by atoms with Crippen LogP contribution in [0, 0.1) is 0 Å². The van der Waals surface area contributed by atoms with Crippen LogP contribution in [0.15, 0.2) is 36.4 Å². The molecule has 0 bridgehead atoms. The summed E-state index contributed by atoms with van der Waals surface area (Å²) in [6.45, 7) is 4.26. The second-order valence-corrected chi connectivity index (χ2v) is 6.86. The normalized spacial score (nSPS) is 13.8. The summed E-state index contributed by atoms with van der Waals surface area (Å²) in [6.07, 6.45) is 2.39. The van der Waals surface area contributed by atoms with Gasteiger partial charge in [-0.1, -0.05) is 6.07 Å². The highest BCUT2D eigenvalue weighted by Gasteiger charge is 2.22. The number of methoxy groups -OCH3 is 1. The van der Waals surface area contributed by atoms with Crippen LogP contribution in [0.25, 0.3) is 16.0 Å². The van der Waals surface area contributed by atoms with E-state index in [1.165, 1.54) is 18.7 Å². The van der Waals surface area contributed by atoms with E-state index < -0.39 is 0 Å². The van der Waals surface area contributed by atoms with E-state index in [9.17, 15) is 9.59 Å². The molecular weight excluding hydrogens is 322 g/mol. The molecule has 0 aliphatic carbocycles. The number of hydrogen-bond donors (Lipinski definition) is 0. The zero-order chi connectivity index (χ0) is 17.3. The van der Waals surface area contributed by atoms with Crippen molar-refractivity contribution in [3.63, 3.8) is 0 Å². The van der Waals surface area contributed by atoms with E-state index in [0.717, 1.165) is 39.5 Å². The van der Waals surface area contributed by atoms with Crippen LogP contribution in [0.5, 0.6) is 0 Å². The fourth-order valence-electron chi connectivity index (χ4n) is 2.89. The van der Waals surface area contributed by atoms with E-state index in [4.69, 9.17) is 0 Å². The van der Waals surface area contributed by atoms with Gasteiger partial charge in [-0.25, -0.2) is 4.79 Å². The highest BCUT2D eigenvalue weighted by atomic mass is 32.1. The number of thiophene rings is 1. The minimum absolute atomic E-state index is 0.0866. The Balaban J connectivity index is 1.88. The van der Waals surface area contributed by atoms with Crippen molar-refractivity contribution in [3.05, 3.63) is 46.8 Å². The molecule has 4 nitrogen and oxygen atoms in total. The van der Waals surface area contributed by atoms with Crippen molar-refractivity contribution in [2.45, 2.75) is 20.3 Å². The molecule has 3 rings (SSSR count). The van der Waals surface area contributed by atoms with Gasteiger partial charge in [0.1, 0.15) is 0 Å². The summed E-state index contributed by atoms with van der Waals surface area (Å²) in [5.41, 5.74) is 4.26. The summed E-state index contributed by atoms with van der Waals surface area (Å²) in [5.74, 6) is -0.257. The molecule has 124 valence electrons. The van der Waals surface area contributed by atoms with E-state index in [2.05, 4.69) is 22.9 Å². The molecule has 24 heavy (non-hydrogen) atoms. The molecule has 0 fully saturated rings. The number of ether oxygens (including phenoxy) is 1. The highest BCUT2D eigenvalue weighted by molar-refractivity contribution is 7.16. The van der Waals surface area contributed by atoms with Crippen LogP contribution < -0.4 is 4.90 Å². The lowest BCUT2D eigenvalue weighted by Crippen LogP contribution is -2.25. The van der Waals surface area contributed by atoms with Crippen LogP contribution in [0.2, 0.25) is 0 Å². The number of amides is 1. The number of esters is 1. The van der Waals surface area contributed by atoms with Gasteiger partial charge in [-0.15, -0.1) is 11.3 Å². The number of allylic oxidation sites excluding steroid dienone is 1. The third-order valence-corrected chi connectivity index (χ3v) is 5.44.